The second-order valence-electron chi connectivity index (χ2n) is 3.79. The second-order valence-corrected chi connectivity index (χ2v) is 4.20. The van der Waals surface area contributed by atoms with Crippen molar-refractivity contribution in [3.05, 3.63) is 40.5 Å². The number of nitrogens with one attached hydrogen (secondary N) is 1. The van der Waals surface area contributed by atoms with Crippen molar-refractivity contribution in [2.24, 2.45) is 0 Å². The number of benzene rings is 1. The maximum absolute atomic E-state index is 5.49. The number of H-pyrrole nitrogens is 1. The summed E-state index contributed by atoms with van der Waals surface area (Å²) in [6.45, 7) is 2.20. The van der Waals surface area contributed by atoms with E-state index < -0.39 is 0 Å². The topological polar surface area (TPSA) is 15.8 Å². The molecule has 2 aromatic rings. The Labute approximate surface area is 95.2 Å². The molecule has 0 radical (unpaired) electrons. The van der Waals surface area contributed by atoms with Gasteiger partial charge in [0.1, 0.15) is 0 Å². The van der Waals surface area contributed by atoms with Gasteiger partial charge in [0, 0.05) is 17.1 Å². The average molecular weight is 217 g/mol. The van der Waals surface area contributed by atoms with Gasteiger partial charge in [-0.05, 0) is 24.5 Å². The van der Waals surface area contributed by atoms with Crippen molar-refractivity contribution in [2.45, 2.75) is 26.2 Å². The first-order chi connectivity index (χ1) is 7.33. The Morgan fingerprint density at radius 3 is 2.87 bits per heavy atom. The molecular weight excluding hydrogens is 202 g/mol. The van der Waals surface area contributed by atoms with Crippen LogP contribution in [0.3, 0.4) is 0 Å². The molecule has 0 aliphatic heterocycles. The lowest BCUT2D eigenvalue weighted by atomic mass is 10.1. The van der Waals surface area contributed by atoms with Gasteiger partial charge in [0.15, 0.2) is 0 Å². The van der Waals surface area contributed by atoms with Crippen molar-refractivity contribution in [3.63, 3.8) is 0 Å². The van der Waals surface area contributed by atoms with E-state index in [0.717, 1.165) is 16.4 Å². The number of unbranched alkanes of at least 4 members (excludes halogenated alkanes) is 1. The van der Waals surface area contributed by atoms with Gasteiger partial charge in [-0.1, -0.05) is 43.8 Å². The van der Waals surface area contributed by atoms with Gasteiger partial charge in [0.25, 0.3) is 0 Å². The van der Waals surface area contributed by atoms with Crippen LogP contribution in [0.15, 0.2) is 30.5 Å². The van der Waals surface area contributed by atoms with Crippen LogP contribution in [0.25, 0.3) is 10.9 Å². The van der Waals surface area contributed by atoms with Gasteiger partial charge in [0.05, 0.1) is 4.51 Å². The highest BCUT2D eigenvalue weighted by molar-refractivity contribution is 7.71. The lowest BCUT2D eigenvalue weighted by molar-refractivity contribution is 0.792. The fourth-order valence-corrected chi connectivity index (χ4v) is 2.10. The molecule has 1 aromatic heterocycles. The van der Waals surface area contributed by atoms with Crippen LogP contribution in [0.2, 0.25) is 0 Å². The molecule has 2 rings (SSSR count). The van der Waals surface area contributed by atoms with Crippen LogP contribution >= 0.6 is 12.2 Å². The highest BCUT2D eigenvalue weighted by Gasteiger charge is 2.00. The lowest BCUT2D eigenvalue weighted by Crippen LogP contribution is -1.89. The van der Waals surface area contributed by atoms with Gasteiger partial charge < -0.3 is 4.98 Å². The molecule has 0 spiro atoms. The van der Waals surface area contributed by atoms with Crippen molar-refractivity contribution in [1.82, 2.24) is 4.98 Å². The smallest absolute Gasteiger partial charge is 0.0516 e. The molecule has 15 heavy (non-hydrogen) atoms. The van der Waals surface area contributed by atoms with Crippen LogP contribution < -0.4 is 0 Å². The van der Waals surface area contributed by atoms with Crippen LogP contribution in [0.1, 0.15) is 25.3 Å². The van der Waals surface area contributed by atoms with Crippen molar-refractivity contribution in [1.29, 1.82) is 0 Å². The molecule has 0 unspecified atom stereocenters. The van der Waals surface area contributed by atoms with E-state index in [0.29, 0.717) is 0 Å². The fourth-order valence-electron chi connectivity index (χ4n) is 1.76. The molecule has 1 heterocycles. The molecule has 0 saturated carbocycles. The summed E-state index contributed by atoms with van der Waals surface area (Å²) in [6, 6.07) is 8.22. The zero-order chi connectivity index (χ0) is 10.7. The highest BCUT2D eigenvalue weighted by Crippen LogP contribution is 2.17. The third-order valence-corrected chi connectivity index (χ3v) is 3.15. The van der Waals surface area contributed by atoms with Crippen molar-refractivity contribution in [3.8, 4) is 0 Å². The van der Waals surface area contributed by atoms with Gasteiger partial charge in [-0.25, -0.2) is 0 Å². The molecule has 1 nitrogen and oxygen atoms in total. The maximum Gasteiger partial charge on any atom is 0.0516 e. The Hall–Kier alpha value is -1.15. The van der Waals surface area contributed by atoms with Crippen LogP contribution in [0, 0.1) is 4.51 Å². The lowest BCUT2D eigenvalue weighted by Gasteiger charge is -2.03. The van der Waals surface area contributed by atoms with Crippen LogP contribution in [0.5, 0.6) is 0 Å². The summed E-state index contributed by atoms with van der Waals surface area (Å²) >= 11 is 5.49. The molecule has 1 aromatic carbocycles. The van der Waals surface area contributed by atoms with E-state index in [1.807, 2.05) is 12.1 Å². The number of rotatable bonds is 3. The number of hydrogen-bond donors (Lipinski definition) is 1. The van der Waals surface area contributed by atoms with E-state index in [9.17, 15) is 0 Å². The summed E-state index contributed by atoms with van der Waals surface area (Å²) in [5.41, 5.74) is 2.40. The number of aryl methyl sites for hydroxylation is 1. The number of aromatic nitrogens is 1. The monoisotopic (exact) mass is 217 g/mol. The minimum absolute atomic E-state index is 1.01. The van der Waals surface area contributed by atoms with Crippen molar-refractivity contribution in [2.75, 3.05) is 0 Å². The molecule has 0 bridgehead atoms. The van der Waals surface area contributed by atoms with Crippen molar-refractivity contribution < 1.29 is 0 Å². The quantitative estimate of drug-likeness (QED) is 0.760. The Morgan fingerprint density at radius 2 is 2.07 bits per heavy atom. The fraction of sp³-hybridized carbons (Fsp3) is 0.308. The third-order valence-electron chi connectivity index (χ3n) is 2.66. The first-order valence-electron chi connectivity index (χ1n) is 5.42. The summed E-state index contributed by atoms with van der Waals surface area (Å²) in [7, 11) is 0. The molecule has 2 heteroatoms. The van der Waals surface area contributed by atoms with Gasteiger partial charge in [-0.2, -0.15) is 0 Å². The average Bonchev–Trinajstić information content (AvgIpc) is 2.29. The summed E-state index contributed by atoms with van der Waals surface area (Å²) in [6.07, 6.45) is 5.55. The number of pyridine rings is 1. The van der Waals surface area contributed by atoms with Gasteiger partial charge in [-0.15, -0.1) is 0 Å². The van der Waals surface area contributed by atoms with Crippen LogP contribution in [-0.4, -0.2) is 4.98 Å². The Bertz CT molecular complexity index is 513. The number of hydrogen-bond acceptors (Lipinski definition) is 1. The molecule has 0 fully saturated rings. The second kappa shape index (κ2) is 4.58. The maximum atomic E-state index is 5.49. The predicted octanol–water partition coefficient (Wildman–Crippen LogP) is 4.24. The zero-order valence-electron chi connectivity index (χ0n) is 8.92. The molecule has 0 aliphatic rings. The number of para-hydroxylation sites is 1. The molecule has 78 valence electrons. The van der Waals surface area contributed by atoms with Gasteiger partial charge >= 0.3 is 0 Å². The van der Waals surface area contributed by atoms with E-state index in [1.165, 1.54) is 23.8 Å². The van der Waals surface area contributed by atoms with E-state index in [2.05, 4.69) is 30.2 Å². The van der Waals surface area contributed by atoms with Crippen LogP contribution in [0.4, 0.5) is 0 Å². The standard InChI is InChI=1S/C13H15NS/c1-2-3-6-10-9-14-12-8-5-4-7-11(12)13(10)15/h4-5,7-9H,2-3,6H2,1H3,(H,14,15). The first kappa shape index (κ1) is 10.4. The highest BCUT2D eigenvalue weighted by atomic mass is 32.1. The summed E-state index contributed by atoms with van der Waals surface area (Å²) < 4.78 is 1.01. The first-order valence-corrected chi connectivity index (χ1v) is 5.83. The Morgan fingerprint density at radius 1 is 1.27 bits per heavy atom. The minimum Gasteiger partial charge on any atom is -0.361 e. The molecule has 0 aliphatic carbocycles. The molecule has 0 amide bonds. The summed E-state index contributed by atoms with van der Waals surface area (Å²) in [4.78, 5) is 3.30. The van der Waals surface area contributed by atoms with Gasteiger partial charge in [0.2, 0.25) is 0 Å². The summed E-state index contributed by atoms with van der Waals surface area (Å²) in [5.74, 6) is 0. The van der Waals surface area contributed by atoms with Gasteiger partial charge in [-0.3, -0.25) is 0 Å². The predicted molar refractivity (Wildman–Crippen MR) is 67.7 cm³/mol. The van der Waals surface area contributed by atoms with E-state index in [4.69, 9.17) is 12.2 Å². The van der Waals surface area contributed by atoms with Crippen molar-refractivity contribution >= 4 is 23.1 Å². The molecule has 1 N–H and O–H groups in total. The zero-order valence-corrected chi connectivity index (χ0v) is 9.73. The summed E-state index contributed by atoms with van der Waals surface area (Å²) in [5, 5.41) is 1.17. The molecule has 0 atom stereocenters. The number of fused-ring (bicyclic) bond motifs is 1. The van der Waals surface area contributed by atoms with Crippen LogP contribution in [-0.2, 0) is 6.42 Å². The van der Waals surface area contributed by atoms with E-state index in [1.54, 1.807) is 0 Å². The van der Waals surface area contributed by atoms with E-state index in [-0.39, 0.29) is 0 Å². The Kier molecular flexibility index (Phi) is 3.17. The normalized spacial score (nSPS) is 10.7. The molecular formula is C13H15NS. The number of aromatic amines is 1. The largest absolute Gasteiger partial charge is 0.361 e. The molecule has 0 saturated heterocycles. The Balaban J connectivity index is 2.51. The minimum atomic E-state index is 1.01. The third kappa shape index (κ3) is 2.10. The van der Waals surface area contributed by atoms with E-state index >= 15 is 0 Å². The SMILES string of the molecule is CCCCc1c[nH]c2ccccc2c1=S.